The second-order valence-electron chi connectivity index (χ2n) is 7.40. The number of hydrogen-bond acceptors (Lipinski definition) is 4. The molecule has 0 aromatic rings. The average molecular weight is 470 g/mol. The second-order valence-corrected chi connectivity index (χ2v) is 7.40. The molecule has 0 saturated carbocycles. The minimum atomic E-state index is -0.822. The third kappa shape index (κ3) is 12.8. The molecule has 25 heavy (non-hydrogen) atoms. The molecule has 0 spiro atoms. The molecule has 1 unspecified atom stereocenters. The lowest BCUT2D eigenvalue weighted by molar-refractivity contribution is -0.0179. The molecule has 1 atom stereocenters. The number of halogens is 1. The van der Waals surface area contributed by atoms with Crippen LogP contribution in [0.5, 0.6) is 0 Å². The number of nitrogens with zero attached hydrogens (tertiary/aromatic N) is 2. The molecule has 0 aromatic carbocycles. The van der Waals surface area contributed by atoms with Crippen LogP contribution in [0.15, 0.2) is 4.99 Å². The molecule has 1 aliphatic rings. The van der Waals surface area contributed by atoms with E-state index in [-0.39, 0.29) is 24.0 Å². The number of morpholine rings is 1. The summed E-state index contributed by atoms with van der Waals surface area (Å²) in [6, 6.07) is 0. The number of aliphatic hydroxyl groups is 1. The summed E-state index contributed by atoms with van der Waals surface area (Å²) in [4.78, 5) is 6.81. The van der Waals surface area contributed by atoms with Crippen molar-refractivity contribution in [2.24, 2.45) is 10.9 Å². The third-order valence-electron chi connectivity index (χ3n) is 4.09. The molecule has 1 fully saturated rings. The van der Waals surface area contributed by atoms with Gasteiger partial charge in [-0.1, -0.05) is 26.7 Å². The molecule has 1 rings (SSSR count). The Hall–Kier alpha value is -0.120. The highest BCUT2D eigenvalue weighted by Gasteiger charge is 2.25. The van der Waals surface area contributed by atoms with E-state index in [1.165, 1.54) is 12.8 Å². The van der Waals surface area contributed by atoms with E-state index in [2.05, 4.69) is 41.3 Å². The van der Waals surface area contributed by atoms with Gasteiger partial charge < -0.3 is 20.5 Å². The standard InChI is InChI=1S/C18H38N4O2.HI/c1-5-19-17(20-9-7-6-8-16(2)3)21-14-18(4,23)15-22-10-12-24-13-11-22;/h16,23H,5-15H2,1-4H3,(H2,19,20,21);1H. The maximum absolute atomic E-state index is 10.6. The van der Waals surface area contributed by atoms with Crippen molar-refractivity contribution in [2.45, 2.75) is 52.6 Å². The molecule has 0 amide bonds. The van der Waals surface area contributed by atoms with Crippen LogP contribution in [0.2, 0.25) is 0 Å². The molecule has 3 N–H and O–H groups in total. The van der Waals surface area contributed by atoms with Crippen LogP contribution >= 0.6 is 24.0 Å². The zero-order chi connectivity index (χ0) is 17.8. The Kier molecular flexibility index (Phi) is 13.9. The van der Waals surface area contributed by atoms with Crippen LogP contribution in [0.3, 0.4) is 0 Å². The Labute approximate surface area is 171 Å². The summed E-state index contributed by atoms with van der Waals surface area (Å²) in [6.07, 6.45) is 3.65. The lowest BCUT2D eigenvalue weighted by atomic mass is 10.1. The van der Waals surface area contributed by atoms with Crippen molar-refractivity contribution in [1.82, 2.24) is 15.5 Å². The van der Waals surface area contributed by atoms with Crippen LogP contribution in [0, 0.1) is 5.92 Å². The number of aliphatic imine (C=N–C) groups is 1. The van der Waals surface area contributed by atoms with Gasteiger partial charge in [0.25, 0.3) is 0 Å². The molecule has 7 heteroatoms. The number of rotatable bonds is 10. The van der Waals surface area contributed by atoms with Gasteiger partial charge in [0.1, 0.15) is 0 Å². The fraction of sp³-hybridized carbons (Fsp3) is 0.944. The van der Waals surface area contributed by atoms with Crippen molar-refractivity contribution in [3.05, 3.63) is 0 Å². The Balaban J connectivity index is 0.00000576. The van der Waals surface area contributed by atoms with Crippen LogP contribution in [-0.4, -0.2) is 74.0 Å². The van der Waals surface area contributed by atoms with Crippen LogP contribution in [-0.2, 0) is 4.74 Å². The van der Waals surface area contributed by atoms with Crippen LogP contribution in [0.1, 0.15) is 47.0 Å². The summed E-state index contributed by atoms with van der Waals surface area (Å²) in [7, 11) is 0. The topological polar surface area (TPSA) is 69.1 Å². The zero-order valence-electron chi connectivity index (χ0n) is 16.5. The lowest BCUT2D eigenvalue weighted by Crippen LogP contribution is -2.48. The Morgan fingerprint density at radius 1 is 1.24 bits per heavy atom. The van der Waals surface area contributed by atoms with E-state index in [1.54, 1.807) is 0 Å². The van der Waals surface area contributed by atoms with Gasteiger partial charge in [0.15, 0.2) is 5.96 Å². The van der Waals surface area contributed by atoms with E-state index in [4.69, 9.17) is 4.74 Å². The summed E-state index contributed by atoms with van der Waals surface area (Å²) in [5.74, 6) is 1.56. The molecule has 0 radical (unpaired) electrons. The molecule has 150 valence electrons. The highest BCUT2D eigenvalue weighted by molar-refractivity contribution is 14.0. The number of hydrogen-bond donors (Lipinski definition) is 3. The van der Waals surface area contributed by atoms with Gasteiger partial charge in [-0.3, -0.25) is 9.89 Å². The Bertz CT molecular complexity index is 359. The van der Waals surface area contributed by atoms with Crippen molar-refractivity contribution < 1.29 is 9.84 Å². The molecule has 0 aliphatic carbocycles. The van der Waals surface area contributed by atoms with E-state index in [1.807, 2.05) is 6.92 Å². The first-order chi connectivity index (χ1) is 11.4. The average Bonchev–Trinajstić information content (AvgIpc) is 2.52. The highest BCUT2D eigenvalue weighted by Crippen LogP contribution is 2.09. The molecule has 1 saturated heterocycles. The fourth-order valence-corrected chi connectivity index (χ4v) is 2.77. The largest absolute Gasteiger partial charge is 0.387 e. The first kappa shape index (κ1) is 24.9. The maximum Gasteiger partial charge on any atom is 0.191 e. The molecule has 1 heterocycles. The Morgan fingerprint density at radius 3 is 2.52 bits per heavy atom. The normalized spacial score (nSPS) is 18.6. The highest BCUT2D eigenvalue weighted by atomic mass is 127. The molecule has 6 nitrogen and oxygen atoms in total. The fourth-order valence-electron chi connectivity index (χ4n) is 2.77. The molecule has 0 bridgehead atoms. The van der Waals surface area contributed by atoms with Gasteiger partial charge in [-0.05, 0) is 26.2 Å². The van der Waals surface area contributed by atoms with Crippen molar-refractivity contribution in [3.8, 4) is 0 Å². The summed E-state index contributed by atoms with van der Waals surface area (Å²) in [5.41, 5.74) is -0.822. The number of nitrogens with one attached hydrogen (secondary N) is 2. The molecular formula is C18H39IN4O2. The molecular weight excluding hydrogens is 431 g/mol. The van der Waals surface area contributed by atoms with Crippen LogP contribution in [0.4, 0.5) is 0 Å². The number of ether oxygens (including phenoxy) is 1. The van der Waals surface area contributed by atoms with Crippen molar-refractivity contribution in [1.29, 1.82) is 0 Å². The van der Waals surface area contributed by atoms with Crippen molar-refractivity contribution >= 4 is 29.9 Å². The molecule has 1 aliphatic heterocycles. The van der Waals surface area contributed by atoms with Gasteiger partial charge >= 0.3 is 0 Å². The van der Waals surface area contributed by atoms with Crippen LogP contribution in [0.25, 0.3) is 0 Å². The smallest absolute Gasteiger partial charge is 0.191 e. The van der Waals surface area contributed by atoms with Crippen molar-refractivity contribution in [3.63, 3.8) is 0 Å². The quantitative estimate of drug-likeness (QED) is 0.198. The first-order valence-corrected chi connectivity index (χ1v) is 9.47. The first-order valence-electron chi connectivity index (χ1n) is 9.47. The van der Waals surface area contributed by atoms with E-state index in [0.29, 0.717) is 13.1 Å². The predicted molar refractivity (Wildman–Crippen MR) is 116 cm³/mol. The van der Waals surface area contributed by atoms with Gasteiger partial charge in [0.05, 0.1) is 25.4 Å². The van der Waals surface area contributed by atoms with Crippen LogP contribution < -0.4 is 10.6 Å². The number of guanidine groups is 1. The Morgan fingerprint density at radius 2 is 1.92 bits per heavy atom. The number of unbranched alkanes of at least 4 members (excludes halogenated alkanes) is 1. The predicted octanol–water partition coefficient (Wildman–Crippen LogP) is 2.07. The third-order valence-corrected chi connectivity index (χ3v) is 4.09. The minimum absolute atomic E-state index is 0. The monoisotopic (exact) mass is 470 g/mol. The summed E-state index contributed by atoms with van der Waals surface area (Å²) < 4.78 is 5.35. The minimum Gasteiger partial charge on any atom is -0.387 e. The van der Waals surface area contributed by atoms with E-state index >= 15 is 0 Å². The van der Waals surface area contributed by atoms with Gasteiger partial charge in [-0.25, -0.2) is 0 Å². The van der Waals surface area contributed by atoms with Gasteiger partial charge in [-0.15, -0.1) is 24.0 Å². The summed E-state index contributed by atoms with van der Waals surface area (Å²) in [5, 5.41) is 17.2. The summed E-state index contributed by atoms with van der Waals surface area (Å²) >= 11 is 0. The zero-order valence-corrected chi connectivity index (χ0v) is 18.8. The number of β-amino-alcohol motifs (C(OH)–C–C–N with tert-alkyl or cyclic N) is 1. The van der Waals surface area contributed by atoms with Gasteiger partial charge in [0, 0.05) is 32.7 Å². The molecule has 0 aromatic heterocycles. The van der Waals surface area contributed by atoms with Gasteiger partial charge in [0.2, 0.25) is 0 Å². The summed E-state index contributed by atoms with van der Waals surface area (Å²) in [6.45, 7) is 14.5. The van der Waals surface area contributed by atoms with Crippen molar-refractivity contribution in [2.75, 3.05) is 52.5 Å². The van der Waals surface area contributed by atoms with E-state index < -0.39 is 5.60 Å². The van der Waals surface area contributed by atoms with Gasteiger partial charge in [-0.2, -0.15) is 0 Å². The second kappa shape index (κ2) is 14.0. The lowest BCUT2D eigenvalue weighted by Gasteiger charge is -2.33. The maximum atomic E-state index is 10.6. The van der Waals surface area contributed by atoms with E-state index in [0.717, 1.165) is 57.7 Å². The SMILES string of the molecule is CCNC(=NCC(C)(O)CN1CCOCC1)NCCCCC(C)C.I. The van der Waals surface area contributed by atoms with E-state index in [9.17, 15) is 5.11 Å².